The van der Waals surface area contributed by atoms with Gasteiger partial charge >= 0.3 is 0 Å². The Bertz CT molecular complexity index is 688. The maximum absolute atomic E-state index is 12.1. The highest BCUT2D eigenvalue weighted by molar-refractivity contribution is 5.75. The Morgan fingerprint density at radius 3 is 2.81 bits per heavy atom. The van der Waals surface area contributed by atoms with Gasteiger partial charge in [-0.1, -0.05) is 30.3 Å². The van der Waals surface area contributed by atoms with E-state index in [-0.39, 0.29) is 11.6 Å². The van der Waals surface area contributed by atoms with E-state index < -0.39 is 0 Å². The summed E-state index contributed by atoms with van der Waals surface area (Å²) in [6.07, 6.45) is 10.1. The molecule has 0 bridgehead atoms. The number of carbonyl (C=O) groups excluding carboxylic acids is 1. The first-order valence-corrected chi connectivity index (χ1v) is 10.0. The standard InChI is InChI=1S/C22H30N4O/c1-3-4-12-22(24-25-22)13-10-21(27)23-14-11-20-15-18(2)26(17-20)16-19-8-6-5-7-9-19/h1,5-9,18,20H,4,10-17H2,2H3,(H,23,27). The Balaban J connectivity index is 1.31. The van der Waals surface area contributed by atoms with Crippen molar-refractivity contribution in [2.45, 2.75) is 63.7 Å². The zero-order chi connectivity index (χ0) is 19.1. The SMILES string of the molecule is C#CCCC1(CCC(=O)NCCC2CC(C)N(Cc3ccccc3)C2)N=N1. The van der Waals surface area contributed by atoms with Gasteiger partial charge in [0, 0.05) is 51.4 Å². The molecule has 1 aromatic carbocycles. The molecule has 5 nitrogen and oxygen atoms in total. The fourth-order valence-corrected chi connectivity index (χ4v) is 3.95. The third kappa shape index (κ3) is 5.90. The quantitative estimate of drug-likeness (QED) is 0.641. The molecule has 2 aliphatic rings. The van der Waals surface area contributed by atoms with E-state index in [9.17, 15) is 4.79 Å². The average molecular weight is 367 g/mol. The summed E-state index contributed by atoms with van der Waals surface area (Å²) in [7, 11) is 0. The van der Waals surface area contributed by atoms with E-state index in [2.05, 4.69) is 63.6 Å². The van der Waals surface area contributed by atoms with Crippen LogP contribution in [0.4, 0.5) is 0 Å². The molecule has 1 amide bonds. The van der Waals surface area contributed by atoms with Crippen LogP contribution in [0.15, 0.2) is 40.6 Å². The summed E-state index contributed by atoms with van der Waals surface area (Å²) in [4.78, 5) is 14.6. The lowest BCUT2D eigenvalue weighted by molar-refractivity contribution is -0.121. The second-order valence-electron chi connectivity index (χ2n) is 7.89. The number of terminal acetylenes is 1. The summed E-state index contributed by atoms with van der Waals surface area (Å²) in [5, 5.41) is 11.2. The lowest BCUT2D eigenvalue weighted by Crippen LogP contribution is -2.28. The second-order valence-corrected chi connectivity index (χ2v) is 7.89. The van der Waals surface area contributed by atoms with Crippen molar-refractivity contribution in [3.8, 4) is 12.3 Å². The van der Waals surface area contributed by atoms with E-state index >= 15 is 0 Å². The van der Waals surface area contributed by atoms with Crippen molar-refractivity contribution in [3.63, 3.8) is 0 Å². The third-order valence-corrected chi connectivity index (χ3v) is 5.70. The normalized spacial score (nSPS) is 23.1. The van der Waals surface area contributed by atoms with Crippen LogP contribution in [0.25, 0.3) is 0 Å². The monoisotopic (exact) mass is 366 g/mol. The van der Waals surface area contributed by atoms with Crippen molar-refractivity contribution in [3.05, 3.63) is 35.9 Å². The van der Waals surface area contributed by atoms with Crippen LogP contribution in [0.5, 0.6) is 0 Å². The van der Waals surface area contributed by atoms with Gasteiger partial charge in [0.1, 0.15) is 0 Å². The number of likely N-dealkylation sites (tertiary alicyclic amines) is 1. The number of nitrogens with zero attached hydrogens (tertiary/aromatic N) is 3. The fraction of sp³-hybridized carbons (Fsp3) is 0.591. The molecule has 0 aliphatic carbocycles. The first-order chi connectivity index (χ1) is 13.1. The molecular weight excluding hydrogens is 336 g/mol. The molecule has 2 heterocycles. The Morgan fingerprint density at radius 1 is 1.33 bits per heavy atom. The summed E-state index contributed by atoms with van der Waals surface area (Å²) in [5.41, 5.74) is 1.01. The van der Waals surface area contributed by atoms with E-state index in [0.29, 0.717) is 31.2 Å². The first-order valence-electron chi connectivity index (χ1n) is 10.0. The van der Waals surface area contributed by atoms with Crippen molar-refractivity contribution in [1.82, 2.24) is 10.2 Å². The smallest absolute Gasteiger partial charge is 0.220 e. The Labute approximate surface area is 162 Å². The fourth-order valence-electron chi connectivity index (χ4n) is 3.95. The van der Waals surface area contributed by atoms with Gasteiger partial charge < -0.3 is 5.32 Å². The van der Waals surface area contributed by atoms with Gasteiger partial charge in [-0.3, -0.25) is 9.69 Å². The molecule has 0 radical (unpaired) electrons. The average Bonchev–Trinajstić information content (AvgIpc) is 3.37. The van der Waals surface area contributed by atoms with E-state index in [1.54, 1.807) is 0 Å². The Kier molecular flexibility index (Phi) is 6.63. The van der Waals surface area contributed by atoms with Crippen molar-refractivity contribution < 1.29 is 4.79 Å². The summed E-state index contributed by atoms with van der Waals surface area (Å²) in [6.45, 7) is 5.18. The van der Waals surface area contributed by atoms with Gasteiger partial charge in [0.05, 0.1) is 0 Å². The van der Waals surface area contributed by atoms with Gasteiger partial charge in [0.2, 0.25) is 5.91 Å². The summed E-state index contributed by atoms with van der Waals surface area (Å²) in [6, 6.07) is 11.2. The van der Waals surface area contributed by atoms with E-state index in [0.717, 1.165) is 32.5 Å². The minimum atomic E-state index is -0.359. The number of carbonyl (C=O) groups is 1. The molecular formula is C22H30N4O. The minimum Gasteiger partial charge on any atom is -0.356 e. The van der Waals surface area contributed by atoms with E-state index in [1.165, 1.54) is 12.0 Å². The van der Waals surface area contributed by atoms with Gasteiger partial charge in [-0.2, -0.15) is 10.2 Å². The maximum atomic E-state index is 12.1. The Morgan fingerprint density at radius 2 is 2.11 bits per heavy atom. The molecule has 27 heavy (non-hydrogen) atoms. The van der Waals surface area contributed by atoms with Crippen LogP contribution in [0.1, 0.15) is 51.0 Å². The Hall–Kier alpha value is -2.19. The molecule has 1 N–H and O–H groups in total. The molecule has 0 saturated carbocycles. The molecule has 3 rings (SSSR count). The molecule has 2 unspecified atom stereocenters. The highest BCUT2D eigenvalue weighted by atomic mass is 16.1. The van der Waals surface area contributed by atoms with Gasteiger partial charge in [-0.15, -0.1) is 12.3 Å². The van der Waals surface area contributed by atoms with E-state index in [1.807, 2.05) is 0 Å². The zero-order valence-electron chi connectivity index (χ0n) is 16.2. The third-order valence-electron chi connectivity index (χ3n) is 5.70. The summed E-state index contributed by atoms with van der Waals surface area (Å²) >= 11 is 0. The molecule has 2 aliphatic heterocycles. The van der Waals surface area contributed by atoms with Crippen LogP contribution in [0, 0.1) is 18.3 Å². The molecule has 5 heteroatoms. The topological polar surface area (TPSA) is 57.1 Å². The molecule has 1 saturated heterocycles. The predicted molar refractivity (Wildman–Crippen MR) is 107 cm³/mol. The number of hydrogen-bond donors (Lipinski definition) is 1. The minimum absolute atomic E-state index is 0.0968. The lowest BCUT2D eigenvalue weighted by Gasteiger charge is -2.21. The largest absolute Gasteiger partial charge is 0.356 e. The second kappa shape index (κ2) is 9.14. The molecule has 144 valence electrons. The van der Waals surface area contributed by atoms with Crippen LogP contribution in [0.3, 0.4) is 0 Å². The maximum Gasteiger partial charge on any atom is 0.220 e. The summed E-state index contributed by atoms with van der Waals surface area (Å²) < 4.78 is 0. The van der Waals surface area contributed by atoms with Crippen molar-refractivity contribution in [2.75, 3.05) is 13.1 Å². The molecule has 2 atom stereocenters. The van der Waals surface area contributed by atoms with Crippen molar-refractivity contribution in [1.29, 1.82) is 0 Å². The zero-order valence-corrected chi connectivity index (χ0v) is 16.2. The highest BCUT2D eigenvalue weighted by Gasteiger charge is 2.39. The van der Waals surface area contributed by atoms with Crippen LogP contribution in [-0.2, 0) is 11.3 Å². The van der Waals surface area contributed by atoms with Crippen LogP contribution >= 0.6 is 0 Å². The highest BCUT2D eigenvalue weighted by Crippen LogP contribution is 2.37. The van der Waals surface area contributed by atoms with E-state index in [4.69, 9.17) is 6.42 Å². The first kappa shape index (κ1) is 19.6. The summed E-state index contributed by atoms with van der Waals surface area (Å²) in [5.74, 6) is 3.36. The van der Waals surface area contributed by atoms with Crippen LogP contribution in [0.2, 0.25) is 0 Å². The predicted octanol–water partition coefficient (Wildman–Crippen LogP) is 3.76. The molecule has 1 fully saturated rings. The molecule has 0 spiro atoms. The number of hydrogen-bond acceptors (Lipinski definition) is 4. The lowest BCUT2D eigenvalue weighted by atomic mass is 10.0. The number of amides is 1. The van der Waals surface area contributed by atoms with Crippen molar-refractivity contribution in [2.24, 2.45) is 16.1 Å². The van der Waals surface area contributed by atoms with Gasteiger partial charge in [-0.25, -0.2) is 0 Å². The van der Waals surface area contributed by atoms with Crippen molar-refractivity contribution >= 4 is 5.91 Å². The van der Waals surface area contributed by atoms with Crippen LogP contribution < -0.4 is 5.32 Å². The van der Waals surface area contributed by atoms with Gasteiger partial charge in [-0.05, 0) is 31.2 Å². The van der Waals surface area contributed by atoms with Crippen LogP contribution in [-0.4, -0.2) is 35.6 Å². The van der Waals surface area contributed by atoms with Gasteiger partial charge in [0.25, 0.3) is 0 Å². The number of benzene rings is 1. The molecule has 1 aromatic rings. The number of nitrogens with one attached hydrogen (secondary N) is 1. The number of rotatable bonds is 10. The van der Waals surface area contributed by atoms with Gasteiger partial charge in [0.15, 0.2) is 5.66 Å². The molecule has 0 aromatic heterocycles.